The minimum Gasteiger partial charge on any atom is -0.342 e. The second kappa shape index (κ2) is 12.1. The molecule has 6 heteroatoms. The molecule has 0 aliphatic rings. The summed E-state index contributed by atoms with van der Waals surface area (Å²) >= 11 is 0. The van der Waals surface area contributed by atoms with Gasteiger partial charge >= 0.3 is 7.60 Å². The molecule has 0 aromatic carbocycles. The molecule has 0 aromatic heterocycles. The van der Waals surface area contributed by atoms with Crippen molar-refractivity contribution in [3.8, 4) is 0 Å². The molecule has 24 heavy (non-hydrogen) atoms. The zero-order valence-electron chi connectivity index (χ0n) is 16.1. The Bertz CT molecular complexity index is 378. The van der Waals surface area contributed by atoms with Crippen molar-refractivity contribution in [3.05, 3.63) is 0 Å². The van der Waals surface area contributed by atoms with E-state index in [9.17, 15) is 19.1 Å². The van der Waals surface area contributed by atoms with Gasteiger partial charge in [-0.25, -0.2) is 0 Å². The van der Waals surface area contributed by atoms with Crippen molar-refractivity contribution in [1.82, 2.24) is 4.90 Å². The lowest BCUT2D eigenvalue weighted by Crippen LogP contribution is -2.49. The third-order valence-electron chi connectivity index (χ3n) is 4.89. The zero-order valence-corrected chi connectivity index (χ0v) is 17.0. The summed E-state index contributed by atoms with van der Waals surface area (Å²) in [6.45, 7) is 8.89. The Morgan fingerprint density at radius 1 is 0.833 bits per heavy atom. The van der Waals surface area contributed by atoms with Crippen LogP contribution in [0.2, 0.25) is 0 Å². The summed E-state index contributed by atoms with van der Waals surface area (Å²) in [6, 6.07) is 0. The van der Waals surface area contributed by atoms with Crippen molar-refractivity contribution < 1.29 is 19.1 Å². The molecule has 0 aliphatic carbocycles. The monoisotopic (exact) mass is 363 g/mol. The van der Waals surface area contributed by atoms with Gasteiger partial charge < -0.3 is 14.7 Å². The summed E-state index contributed by atoms with van der Waals surface area (Å²) in [5.74, 6) is -0.353. The summed E-state index contributed by atoms with van der Waals surface area (Å²) in [7, 11) is -4.53. The largest absolute Gasteiger partial charge is 0.342 e. The second-order valence-corrected chi connectivity index (χ2v) is 8.62. The van der Waals surface area contributed by atoms with E-state index in [0.29, 0.717) is 38.8 Å². The predicted octanol–water partition coefficient (Wildman–Crippen LogP) is 4.71. The van der Waals surface area contributed by atoms with Crippen LogP contribution in [0.25, 0.3) is 0 Å². The van der Waals surface area contributed by atoms with Crippen molar-refractivity contribution in [1.29, 1.82) is 0 Å². The Kier molecular flexibility index (Phi) is 11.9. The van der Waals surface area contributed by atoms with Crippen LogP contribution in [0.4, 0.5) is 0 Å². The van der Waals surface area contributed by atoms with Gasteiger partial charge in [-0.2, -0.15) is 0 Å². The maximum absolute atomic E-state index is 13.0. The van der Waals surface area contributed by atoms with E-state index in [1.807, 2.05) is 13.8 Å². The Labute approximate surface area is 148 Å². The lowest BCUT2D eigenvalue weighted by molar-refractivity contribution is -0.134. The van der Waals surface area contributed by atoms with Crippen LogP contribution in [0.5, 0.6) is 0 Å². The van der Waals surface area contributed by atoms with Gasteiger partial charge in [0.05, 0.1) is 0 Å². The number of hydrogen-bond acceptors (Lipinski definition) is 2. The molecule has 1 amide bonds. The summed E-state index contributed by atoms with van der Waals surface area (Å²) in [6.07, 6.45) is 7.99. The molecule has 0 heterocycles. The molecule has 0 spiro atoms. The van der Waals surface area contributed by atoms with E-state index >= 15 is 0 Å². The van der Waals surface area contributed by atoms with Crippen molar-refractivity contribution >= 4 is 13.5 Å². The standard InChI is InChI=1S/C18H38NO4P/c1-5-9-11-13-15-18(24(21,22)23,16-14-12-10-6-2)17(20)19(7-3)8-4/h5-16H2,1-4H3,(H2,21,22,23). The fraction of sp³-hybridized carbons (Fsp3) is 0.944. The highest BCUT2D eigenvalue weighted by atomic mass is 31.2. The van der Waals surface area contributed by atoms with E-state index in [1.54, 1.807) is 4.90 Å². The quantitative estimate of drug-likeness (QED) is 0.346. The molecule has 0 aromatic rings. The van der Waals surface area contributed by atoms with E-state index in [2.05, 4.69) is 13.8 Å². The van der Waals surface area contributed by atoms with Gasteiger partial charge in [0.15, 0.2) is 5.16 Å². The third kappa shape index (κ3) is 6.85. The van der Waals surface area contributed by atoms with E-state index < -0.39 is 12.8 Å². The third-order valence-corrected chi connectivity index (χ3v) is 6.65. The average Bonchev–Trinajstić information content (AvgIpc) is 2.53. The molecule has 2 N–H and O–H groups in total. The van der Waals surface area contributed by atoms with Gasteiger partial charge in [0.1, 0.15) is 0 Å². The number of nitrogens with zero attached hydrogens (tertiary/aromatic N) is 1. The fourth-order valence-corrected chi connectivity index (χ4v) is 4.54. The minimum absolute atomic E-state index is 0.290. The molecule has 0 saturated heterocycles. The normalized spacial score (nSPS) is 12.4. The van der Waals surface area contributed by atoms with Crippen molar-refractivity contribution in [2.75, 3.05) is 13.1 Å². The van der Waals surface area contributed by atoms with E-state index in [4.69, 9.17) is 0 Å². The van der Waals surface area contributed by atoms with Crippen LogP contribution < -0.4 is 0 Å². The van der Waals surface area contributed by atoms with Gasteiger partial charge in [-0.3, -0.25) is 9.36 Å². The minimum atomic E-state index is -4.53. The lowest BCUT2D eigenvalue weighted by atomic mass is 9.91. The van der Waals surface area contributed by atoms with Gasteiger partial charge in [0, 0.05) is 13.1 Å². The lowest BCUT2D eigenvalue weighted by Gasteiger charge is -2.37. The van der Waals surface area contributed by atoms with E-state index in [0.717, 1.165) is 38.5 Å². The second-order valence-electron chi connectivity index (χ2n) is 6.67. The molecular formula is C18H38NO4P. The van der Waals surface area contributed by atoms with Gasteiger partial charge in [-0.15, -0.1) is 0 Å². The molecule has 0 bridgehead atoms. The summed E-state index contributed by atoms with van der Waals surface area (Å²) in [5, 5.41) is -1.53. The number of amides is 1. The van der Waals surface area contributed by atoms with Crippen LogP contribution in [-0.2, 0) is 9.36 Å². The van der Waals surface area contributed by atoms with Crippen LogP contribution in [0.3, 0.4) is 0 Å². The molecule has 0 aliphatic heterocycles. The van der Waals surface area contributed by atoms with Crippen LogP contribution in [0, 0.1) is 0 Å². The summed E-state index contributed by atoms with van der Waals surface area (Å²) in [5.41, 5.74) is 0. The highest BCUT2D eigenvalue weighted by Crippen LogP contribution is 2.57. The van der Waals surface area contributed by atoms with E-state index in [1.165, 1.54) is 0 Å². The van der Waals surface area contributed by atoms with Gasteiger partial charge in [-0.1, -0.05) is 65.2 Å². The van der Waals surface area contributed by atoms with Gasteiger partial charge in [-0.05, 0) is 26.7 Å². The molecule has 0 rings (SSSR count). The van der Waals surface area contributed by atoms with E-state index in [-0.39, 0.29) is 5.91 Å². The van der Waals surface area contributed by atoms with Crippen molar-refractivity contribution in [3.63, 3.8) is 0 Å². The predicted molar refractivity (Wildman–Crippen MR) is 100 cm³/mol. The number of carbonyl (C=O) groups excluding carboxylic acids is 1. The Morgan fingerprint density at radius 3 is 1.54 bits per heavy atom. The number of unbranched alkanes of at least 4 members (excludes halogenated alkanes) is 6. The van der Waals surface area contributed by atoms with Gasteiger partial charge in [0.2, 0.25) is 5.91 Å². The molecule has 0 radical (unpaired) electrons. The van der Waals surface area contributed by atoms with Crippen LogP contribution in [-0.4, -0.2) is 38.8 Å². The maximum atomic E-state index is 13.0. The molecule has 5 nitrogen and oxygen atoms in total. The highest BCUT2D eigenvalue weighted by Gasteiger charge is 2.53. The summed E-state index contributed by atoms with van der Waals surface area (Å²) in [4.78, 5) is 34.8. The van der Waals surface area contributed by atoms with Crippen molar-refractivity contribution in [2.45, 2.75) is 97.1 Å². The van der Waals surface area contributed by atoms with Crippen LogP contribution >= 0.6 is 7.60 Å². The molecule has 0 fully saturated rings. The smallest absolute Gasteiger partial charge is 0.341 e. The Balaban J connectivity index is 5.42. The Hall–Kier alpha value is -0.380. The molecule has 0 unspecified atom stereocenters. The number of rotatable bonds is 14. The van der Waals surface area contributed by atoms with Crippen LogP contribution in [0.1, 0.15) is 91.9 Å². The first-order valence-corrected chi connectivity index (χ1v) is 11.3. The molecular weight excluding hydrogens is 325 g/mol. The summed E-state index contributed by atoms with van der Waals surface area (Å²) < 4.78 is 12.4. The first-order chi connectivity index (χ1) is 11.3. The zero-order chi connectivity index (χ0) is 18.6. The van der Waals surface area contributed by atoms with Crippen LogP contribution in [0.15, 0.2) is 0 Å². The Morgan fingerprint density at radius 2 is 1.25 bits per heavy atom. The SMILES string of the molecule is CCCCCCC(CCCCCC)(C(=O)N(CC)CC)P(=O)(O)O. The number of carbonyl (C=O) groups is 1. The average molecular weight is 363 g/mol. The molecule has 144 valence electrons. The van der Waals surface area contributed by atoms with Gasteiger partial charge in [0.25, 0.3) is 0 Å². The fourth-order valence-electron chi connectivity index (χ4n) is 3.25. The number of hydrogen-bond donors (Lipinski definition) is 2. The molecule has 0 atom stereocenters. The first kappa shape index (κ1) is 23.6. The topological polar surface area (TPSA) is 77.8 Å². The van der Waals surface area contributed by atoms with Crippen molar-refractivity contribution in [2.24, 2.45) is 0 Å². The maximum Gasteiger partial charge on any atom is 0.341 e. The highest BCUT2D eigenvalue weighted by molar-refractivity contribution is 7.54. The molecule has 0 saturated carbocycles. The first-order valence-electron chi connectivity index (χ1n) is 9.65.